The molecule has 0 saturated carbocycles. The van der Waals surface area contributed by atoms with Crippen LogP contribution < -0.4 is 10.5 Å². The van der Waals surface area contributed by atoms with E-state index >= 15 is 0 Å². The topological polar surface area (TPSA) is 51.0 Å². The van der Waals surface area contributed by atoms with Crippen LogP contribution >= 0.6 is 12.2 Å². The second-order valence-electron chi connectivity index (χ2n) is 5.02. The highest BCUT2D eigenvalue weighted by Crippen LogP contribution is 2.32. The summed E-state index contributed by atoms with van der Waals surface area (Å²) >= 11 is 5.25. The molecule has 0 aliphatic carbocycles. The summed E-state index contributed by atoms with van der Waals surface area (Å²) in [5.74, 6) is 0.787. The minimum Gasteiger partial charge on any atom is -0.497 e. The number of nitrogens with two attached hydrogens (primary N) is 1. The van der Waals surface area contributed by atoms with Crippen LogP contribution in [-0.2, 0) is 0 Å². The number of ether oxygens (including phenoxy) is 1. The van der Waals surface area contributed by atoms with Gasteiger partial charge in [0.2, 0.25) is 0 Å². The van der Waals surface area contributed by atoms with Crippen molar-refractivity contribution >= 4 is 28.1 Å². The number of rotatable bonds is 3. The molecule has 2 aromatic carbocycles. The van der Waals surface area contributed by atoms with E-state index in [1.54, 1.807) is 7.11 Å². The minimum absolute atomic E-state index is 0.380. The van der Waals surface area contributed by atoms with Crippen LogP contribution in [0.2, 0.25) is 0 Å². The zero-order chi connectivity index (χ0) is 15.0. The van der Waals surface area contributed by atoms with Gasteiger partial charge in [0.15, 0.2) is 0 Å². The minimum atomic E-state index is 0.380. The predicted octanol–water partition coefficient (Wildman–Crippen LogP) is 3.79. The lowest BCUT2D eigenvalue weighted by atomic mass is 10.0. The van der Waals surface area contributed by atoms with Gasteiger partial charge in [0.1, 0.15) is 10.7 Å². The van der Waals surface area contributed by atoms with Gasteiger partial charge in [-0.1, -0.05) is 42.0 Å². The van der Waals surface area contributed by atoms with Crippen molar-refractivity contribution < 1.29 is 4.74 Å². The summed E-state index contributed by atoms with van der Waals surface area (Å²) in [5.41, 5.74) is 11.0. The highest BCUT2D eigenvalue weighted by atomic mass is 32.1. The number of thiocarbonyl (C=S) groups is 1. The first kappa shape index (κ1) is 13.6. The van der Waals surface area contributed by atoms with Gasteiger partial charge in [-0.05, 0) is 30.7 Å². The third kappa shape index (κ3) is 2.38. The average molecular weight is 296 g/mol. The summed E-state index contributed by atoms with van der Waals surface area (Å²) < 4.78 is 5.29. The van der Waals surface area contributed by atoms with Crippen molar-refractivity contribution in [3.63, 3.8) is 0 Å². The Morgan fingerprint density at radius 3 is 2.48 bits per heavy atom. The first-order valence-electron chi connectivity index (χ1n) is 6.66. The molecule has 0 unspecified atom stereocenters. The van der Waals surface area contributed by atoms with Crippen molar-refractivity contribution in [1.29, 1.82) is 0 Å². The summed E-state index contributed by atoms with van der Waals surface area (Å²) in [6.45, 7) is 2.06. The van der Waals surface area contributed by atoms with Crippen molar-refractivity contribution in [1.82, 2.24) is 4.98 Å². The van der Waals surface area contributed by atoms with Gasteiger partial charge in [-0.3, -0.25) is 0 Å². The molecule has 0 spiro atoms. The van der Waals surface area contributed by atoms with E-state index < -0.39 is 0 Å². The number of fused-ring (bicyclic) bond motifs is 1. The van der Waals surface area contributed by atoms with Crippen molar-refractivity contribution in [2.45, 2.75) is 6.92 Å². The van der Waals surface area contributed by atoms with Gasteiger partial charge in [0.25, 0.3) is 0 Å². The van der Waals surface area contributed by atoms with Gasteiger partial charge in [-0.2, -0.15) is 0 Å². The zero-order valence-corrected chi connectivity index (χ0v) is 12.8. The third-order valence-electron chi connectivity index (χ3n) is 3.59. The molecule has 0 saturated heterocycles. The number of aromatic amines is 1. The van der Waals surface area contributed by atoms with Crippen molar-refractivity contribution in [2.24, 2.45) is 5.73 Å². The Balaban J connectivity index is 2.29. The van der Waals surface area contributed by atoms with Gasteiger partial charge in [0, 0.05) is 16.5 Å². The number of hydrogen-bond donors (Lipinski definition) is 2. The predicted molar refractivity (Wildman–Crippen MR) is 90.9 cm³/mol. The molecule has 0 atom stereocenters. The Bertz CT molecular complexity index is 819. The molecule has 0 bridgehead atoms. The van der Waals surface area contributed by atoms with E-state index in [9.17, 15) is 0 Å². The van der Waals surface area contributed by atoms with E-state index in [-0.39, 0.29) is 0 Å². The Labute approximate surface area is 128 Å². The Morgan fingerprint density at radius 2 is 1.86 bits per heavy atom. The Kier molecular flexibility index (Phi) is 3.39. The van der Waals surface area contributed by atoms with E-state index in [4.69, 9.17) is 22.7 Å². The monoisotopic (exact) mass is 296 g/mol. The molecule has 106 valence electrons. The average Bonchev–Trinajstić information content (AvgIpc) is 2.86. The maximum Gasteiger partial charge on any atom is 0.119 e. The summed E-state index contributed by atoms with van der Waals surface area (Å²) in [7, 11) is 1.65. The second-order valence-corrected chi connectivity index (χ2v) is 5.46. The molecule has 0 aliphatic rings. The highest BCUT2D eigenvalue weighted by Gasteiger charge is 2.15. The highest BCUT2D eigenvalue weighted by molar-refractivity contribution is 7.80. The van der Waals surface area contributed by atoms with Gasteiger partial charge >= 0.3 is 0 Å². The lowest BCUT2D eigenvalue weighted by molar-refractivity contribution is 0.415. The molecule has 3 aromatic rings. The molecule has 0 amide bonds. The number of H-pyrrole nitrogens is 1. The molecule has 0 aliphatic heterocycles. The normalized spacial score (nSPS) is 10.8. The van der Waals surface area contributed by atoms with Crippen LogP contribution in [0, 0.1) is 6.92 Å². The van der Waals surface area contributed by atoms with Crippen LogP contribution in [0.4, 0.5) is 0 Å². The van der Waals surface area contributed by atoms with Crippen LogP contribution in [0.3, 0.4) is 0 Å². The molecule has 21 heavy (non-hydrogen) atoms. The molecule has 0 radical (unpaired) electrons. The molecular weight excluding hydrogens is 280 g/mol. The number of methoxy groups -OCH3 is 1. The van der Waals surface area contributed by atoms with E-state index in [1.807, 2.05) is 18.2 Å². The fraction of sp³-hybridized carbons (Fsp3) is 0.118. The lowest BCUT2D eigenvalue weighted by Crippen LogP contribution is -2.10. The zero-order valence-electron chi connectivity index (χ0n) is 11.9. The summed E-state index contributed by atoms with van der Waals surface area (Å²) in [6.07, 6.45) is 0. The van der Waals surface area contributed by atoms with Crippen LogP contribution in [0.1, 0.15) is 11.1 Å². The smallest absolute Gasteiger partial charge is 0.119 e. The van der Waals surface area contributed by atoms with Crippen LogP contribution in [0.25, 0.3) is 22.2 Å². The summed E-state index contributed by atoms with van der Waals surface area (Å²) in [6, 6.07) is 14.1. The molecule has 0 fully saturated rings. The first-order valence-corrected chi connectivity index (χ1v) is 7.07. The van der Waals surface area contributed by atoms with E-state index in [0.29, 0.717) is 4.99 Å². The van der Waals surface area contributed by atoms with Crippen LogP contribution in [-0.4, -0.2) is 17.1 Å². The van der Waals surface area contributed by atoms with Gasteiger partial charge < -0.3 is 15.5 Å². The fourth-order valence-electron chi connectivity index (χ4n) is 2.49. The standard InChI is InChI=1S/C17H16N2OS/c1-10-3-5-11(6-4-10)16-15(17(18)21)13-9-12(20-2)7-8-14(13)19-16/h3-9,19H,1-2H3,(H2,18,21). The number of benzene rings is 2. The van der Waals surface area contributed by atoms with Crippen LogP contribution in [0.5, 0.6) is 5.75 Å². The summed E-state index contributed by atoms with van der Waals surface area (Å²) in [5, 5.41) is 0.984. The molecule has 3 N–H and O–H groups in total. The molecular formula is C17H16N2OS. The second kappa shape index (κ2) is 5.22. The van der Waals surface area contributed by atoms with Gasteiger partial charge in [-0.15, -0.1) is 0 Å². The maximum atomic E-state index is 5.95. The van der Waals surface area contributed by atoms with Gasteiger partial charge in [-0.25, -0.2) is 0 Å². The number of aryl methyl sites for hydroxylation is 1. The number of nitrogens with one attached hydrogen (secondary N) is 1. The largest absolute Gasteiger partial charge is 0.497 e. The van der Waals surface area contributed by atoms with Gasteiger partial charge in [0.05, 0.1) is 12.8 Å². The fourth-order valence-corrected chi connectivity index (χ4v) is 2.70. The van der Waals surface area contributed by atoms with E-state index in [2.05, 4.69) is 36.2 Å². The number of aromatic nitrogens is 1. The number of hydrogen-bond acceptors (Lipinski definition) is 2. The van der Waals surface area contributed by atoms with Crippen molar-refractivity contribution in [3.05, 3.63) is 53.6 Å². The Morgan fingerprint density at radius 1 is 1.14 bits per heavy atom. The van der Waals surface area contributed by atoms with Crippen molar-refractivity contribution in [2.75, 3.05) is 7.11 Å². The van der Waals surface area contributed by atoms with Crippen LogP contribution in [0.15, 0.2) is 42.5 Å². The summed E-state index contributed by atoms with van der Waals surface area (Å²) in [4.78, 5) is 3.79. The van der Waals surface area contributed by atoms with Crippen molar-refractivity contribution in [3.8, 4) is 17.0 Å². The SMILES string of the molecule is COc1ccc2[nH]c(-c3ccc(C)cc3)c(C(N)=S)c2c1. The van der Waals surface area contributed by atoms with E-state index in [1.165, 1.54) is 5.56 Å². The quantitative estimate of drug-likeness (QED) is 0.723. The first-order chi connectivity index (χ1) is 10.1. The lowest BCUT2D eigenvalue weighted by Gasteiger charge is -2.04. The molecule has 1 aromatic heterocycles. The Hall–Kier alpha value is -2.33. The molecule has 1 heterocycles. The molecule has 3 nitrogen and oxygen atoms in total. The molecule has 4 heteroatoms. The third-order valence-corrected chi connectivity index (χ3v) is 3.80. The van der Waals surface area contributed by atoms with E-state index in [0.717, 1.165) is 33.5 Å². The molecule has 3 rings (SSSR count). The maximum absolute atomic E-state index is 5.95.